The lowest BCUT2D eigenvalue weighted by Crippen LogP contribution is -2.31. The van der Waals surface area contributed by atoms with E-state index < -0.39 is 0 Å². The van der Waals surface area contributed by atoms with Gasteiger partial charge in [0, 0.05) is 12.7 Å². The molecule has 3 rings (SSSR count). The standard InChI is InChI=1S/C19H25N3O2S/c1-13-7-3-4-9-16(13)24-12-11-21-18(23)17-14(2)22-19(25-17)15-8-5-6-10-20-15/h5-6,8,10,13,16H,3-4,7,9,11-12H2,1-2H3,(H,21,23)/t13-,16-/m1/s1. The third kappa shape index (κ3) is 4.64. The zero-order chi connectivity index (χ0) is 17.6. The first-order valence-electron chi connectivity index (χ1n) is 8.94. The molecule has 0 saturated heterocycles. The minimum Gasteiger partial charge on any atom is -0.376 e. The van der Waals surface area contributed by atoms with Gasteiger partial charge in [0.2, 0.25) is 0 Å². The Hall–Kier alpha value is -1.79. The number of amides is 1. The molecule has 1 amide bonds. The van der Waals surface area contributed by atoms with Crippen molar-refractivity contribution in [2.24, 2.45) is 5.92 Å². The molecule has 1 aliphatic rings. The van der Waals surface area contributed by atoms with Crippen molar-refractivity contribution in [1.29, 1.82) is 0 Å². The average Bonchev–Trinajstić information content (AvgIpc) is 3.02. The number of nitrogens with zero attached hydrogens (tertiary/aromatic N) is 2. The second-order valence-corrected chi connectivity index (χ2v) is 7.57. The van der Waals surface area contributed by atoms with E-state index in [0.717, 1.165) is 22.8 Å². The summed E-state index contributed by atoms with van der Waals surface area (Å²) in [4.78, 5) is 21.8. The monoisotopic (exact) mass is 359 g/mol. The highest BCUT2D eigenvalue weighted by atomic mass is 32.1. The summed E-state index contributed by atoms with van der Waals surface area (Å²) in [5.41, 5.74) is 1.54. The van der Waals surface area contributed by atoms with Crippen molar-refractivity contribution >= 4 is 17.2 Å². The van der Waals surface area contributed by atoms with Crippen LogP contribution in [-0.4, -0.2) is 35.1 Å². The molecule has 2 aromatic heterocycles. The Morgan fingerprint density at radius 1 is 1.36 bits per heavy atom. The number of aromatic nitrogens is 2. The van der Waals surface area contributed by atoms with E-state index in [1.807, 2.05) is 25.1 Å². The summed E-state index contributed by atoms with van der Waals surface area (Å²) >= 11 is 1.38. The van der Waals surface area contributed by atoms with Crippen molar-refractivity contribution in [1.82, 2.24) is 15.3 Å². The molecule has 6 heteroatoms. The van der Waals surface area contributed by atoms with Gasteiger partial charge in [0.25, 0.3) is 5.91 Å². The maximum absolute atomic E-state index is 12.4. The molecular formula is C19H25N3O2S. The first-order chi connectivity index (χ1) is 12.1. The smallest absolute Gasteiger partial charge is 0.263 e. The van der Waals surface area contributed by atoms with E-state index in [9.17, 15) is 4.79 Å². The lowest BCUT2D eigenvalue weighted by molar-refractivity contribution is -0.00293. The van der Waals surface area contributed by atoms with Crippen LogP contribution in [0, 0.1) is 12.8 Å². The van der Waals surface area contributed by atoms with Crippen molar-refractivity contribution in [3.05, 3.63) is 35.0 Å². The normalized spacial score (nSPS) is 20.4. The summed E-state index contributed by atoms with van der Waals surface area (Å²) in [6.45, 7) is 5.20. The summed E-state index contributed by atoms with van der Waals surface area (Å²) in [6.07, 6.45) is 7.00. The Kier molecular flexibility index (Phi) is 6.15. The van der Waals surface area contributed by atoms with Crippen LogP contribution in [0.4, 0.5) is 0 Å². The number of aryl methyl sites for hydroxylation is 1. The van der Waals surface area contributed by atoms with Crippen molar-refractivity contribution in [3.8, 4) is 10.7 Å². The fourth-order valence-electron chi connectivity index (χ4n) is 3.19. The number of ether oxygens (including phenoxy) is 1. The van der Waals surface area contributed by atoms with Gasteiger partial charge in [-0.3, -0.25) is 9.78 Å². The first-order valence-corrected chi connectivity index (χ1v) is 9.75. The Morgan fingerprint density at radius 2 is 2.20 bits per heavy atom. The molecular weight excluding hydrogens is 334 g/mol. The molecule has 0 unspecified atom stereocenters. The second-order valence-electron chi connectivity index (χ2n) is 6.58. The fraction of sp³-hybridized carbons (Fsp3) is 0.526. The highest BCUT2D eigenvalue weighted by Gasteiger charge is 2.22. The molecule has 25 heavy (non-hydrogen) atoms. The van der Waals surface area contributed by atoms with Crippen molar-refractivity contribution in [2.45, 2.75) is 45.6 Å². The summed E-state index contributed by atoms with van der Waals surface area (Å²) < 4.78 is 5.95. The van der Waals surface area contributed by atoms with Gasteiger partial charge >= 0.3 is 0 Å². The molecule has 0 bridgehead atoms. The van der Waals surface area contributed by atoms with Gasteiger partial charge in [-0.2, -0.15) is 0 Å². The molecule has 2 heterocycles. The summed E-state index contributed by atoms with van der Waals surface area (Å²) in [6, 6.07) is 5.69. The number of carbonyl (C=O) groups excluding carboxylic acids is 1. The van der Waals surface area contributed by atoms with E-state index in [1.165, 1.54) is 30.6 Å². The molecule has 2 atom stereocenters. The number of hydrogen-bond acceptors (Lipinski definition) is 5. The Bertz CT molecular complexity index is 702. The Balaban J connectivity index is 1.51. The van der Waals surface area contributed by atoms with Crippen molar-refractivity contribution < 1.29 is 9.53 Å². The van der Waals surface area contributed by atoms with Crippen LogP contribution in [0.2, 0.25) is 0 Å². The van der Waals surface area contributed by atoms with Crippen LogP contribution in [0.5, 0.6) is 0 Å². The lowest BCUT2D eigenvalue weighted by atomic mass is 9.88. The van der Waals surface area contributed by atoms with Gasteiger partial charge in [-0.1, -0.05) is 25.8 Å². The molecule has 1 aliphatic carbocycles. The van der Waals surface area contributed by atoms with Gasteiger partial charge in [-0.05, 0) is 37.8 Å². The minimum atomic E-state index is -0.0857. The van der Waals surface area contributed by atoms with Crippen LogP contribution in [0.25, 0.3) is 10.7 Å². The third-order valence-corrected chi connectivity index (χ3v) is 5.82. The lowest BCUT2D eigenvalue weighted by Gasteiger charge is -2.28. The van der Waals surface area contributed by atoms with Crippen molar-refractivity contribution in [3.63, 3.8) is 0 Å². The predicted octanol–water partition coefficient (Wildman–Crippen LogP) is 3.84. The molecule has 2 aromatic rings. The minimum absolute atomic E-state index is 0.0857. The summed E-state index contributed by atoms with van der Waals surface area (Å²) in [5.74, 6) is 0.534. The molecule has 5 nitrogen and oxygen atoms in total. The summed E-state index contributed by atoms with van der Waals surface area (Å²) in [5, 5.41) is 3.72. The largest absolute Gasteiger partial charge is 0.376 e. The third-order valence-electron chi connectivity index (χ3n) is 4.64. The Morgan fingerprint density at radius 3 is 2.96 bits per heavy atom. The maximum atomic E-state index is 12.4. The second kappa shape index (κ2) is 8.54. The fourth-order valence-corrected chi connectivity index (χ4v) is 4.15. The molecule has 1 saturated carbocycles. The van der Waals surface area contributed by atoms with Gasteiger partial charge in [0.15, 0.2) is 0 Å². The number of hydrogen-bond donors (Lipinski definition) is 1. The average molecular weight is 359 g/mol. The number of nitrogens with one attached hydrogen (secondary N) is 1. The molecule has 1 N–H and O–H groups in total. The van der Waals surface area contributed by atoms with E-state index in [0.29, 0.717) is 30.1 Å². The summed E-state index contributed by atoms with van der Waals surface area (Å²) in [7, 11) is 0. The number of thiazole rings is 1. The maximum Gasteiger partial charge on any atom is 0.263 e. The highest BCUT2D eigenvalue weighted by molar-refractivity contribution is 7.17. The molecule has 0 aromatic carbocycles. The predicted molar refractivity (Wildman–Crippen MR) is 99.8 cm³/mol. The molecule has 134 valence electrons. The van der Waals surface area contributed by atoms with Gasteiger partial charge in [-0.15, -0.1) is 11.3 Å². The molecule has 0 aliphatic heterocycles. The van der Waals surface area contributed by atoms with Crippen LogP contribution in [-0.2, 0) is 4.74 Å². The van der Waals surface area contributed by atoms with E-state index in [2.05, 4.69) is 22.2 Å². The van der Waals surface area contributed by atoms with E-state index >= 15 is 0 Å². The zero-order valence-corrected chi connectivity index (χ0v) is 15.6. The number of rotatable bonds is 6. The highest BCUT2D eigenvalue weighted by Crippen LogP contribution is 2.27. The van der Waals surface area contributed by atoms with Crippen LogP contribution in [0.3, 0.4) is 0 Å². The van der Waals surface area contributed by atoms with Crippen LogP contribution in [0.1, 0.15) is 48.0 Å². The van der Waals surface area contributed by atoms with Crippen molar-refractivity contribution in [2.75, 3.05) is 13.2 Å². The number of carbonyl (C=O) groups is 1. The van der Waals surface area contributed by atoms with Gasteiger partial charge in [0.1, 0.15) is 9.88 Å². The van der Waals surface area contributed by atoms with E-state index in [1.54, 1.807) is 6.20 Å². The SMILES string of the molecule is Cc1nc(-c2ccccn2)sc1C(=O)NCCO[C@@H]1CCCC[C@H]1C. The van der Waals surface area contributed by atoms with Crippen LogP contribution < -0.4 is 5.32 Å². The van der Waals surface area contributed by atoms with E-state index in [4.69, 9.17) is 4.74 Å². The Labute approximate surface area is 152 Å². The first kappa shape index (κ1) is 18.0. The van der Waals surface area contributed by atoms with E-state index in [-0.39, 0.29) is 5.91 Å². The molecule has 0 spiro atoms. The molecule has 1 fully saturated rings. The van der Waals surface area contributed by atoms with Gasteiger partial charge in [0.05, 0.1) is 24.1 Å². The van der Waals surface area contributed by atoms with Gasteiger partial charge < -0.3 is 10.1 Å². The van der Waals surface area contributed by atoms with Crippen LogP contribution >= 0.6 is 11.3 Å². The van der Waals surface area contributed by atoms with Crippen LogP contribution in [0.15, 0.2) is 24.4 Å². The number of pyridine rings is 1. The zero-order valence-electron chi connectivity index (χ0n) is 14.8. The quantitative estimate of drug-likeness (QED) is 0.796. The topological polar surface area (TPSA) is 64.1 Å². The van der Waals surface area contributed by atoms with Gasteiger partial charge in [-0.25, -0.2) is 4.98 Å². The molecule has 0 radical (unpaired) electrons.